The van der Waals surface area contributed by atoms with Crippen LogP contribution in [0.15, 0.2) is 4.99 Å². The van der Waals surface area contributed by atoms with Crippen LogP contribution in [0.3, 0.4) is 0 Å². The van der Waals surface area contributed by atoms with Crippen LogP contribution in [0.5, 0.6) is 0 Å². The number of esters is 6. The second kappa shape index (κ2) is 13.8. The monoisotopic (exact) mass is 644 g/mol. The highest BCUT2D eigenvalue weighted by Gasteiger charge is 2.69. The highest BCUT2D eigenvalue weighted by molar-refractivity contribution is 5.95. The first-order chi connectivity index (χ1) is 20.8. The molecule has 1 aliphatic carbocycles. The highest BCUT2D eigenvalue weighted by Crippen LogP contribution is 2.44. The maximum absolute atomic E-state index is 13.0. The van der Waals surface area contributed by atoms with Crippen molar-refractivity contribution in [3.8, 4) is 0 Å². The number of carbonyl (C=O) groups excluding carboxylic acids is 7. The molecule has 250 valence electrons. The average molecular weight is 645 g/mol. The lowest BCUT2D eigenvalue weighted by Gasteiger charge is -2.43. The average Bonchev–Trinajstić information content (AvgIpc) is 3.34. The number of hydrogen-bond donors (Lipinski definition) is 1. The van der Waals surface area contributed by atoms with Crippen molar-refractivity contribution in [3.05, 3.63) is 0 Å². The van der Waals surface area contributed by atoms with Gasteiger partial charge in [0.25, 0.3) is 6.02 Å². The Bertz CT molecular complexity index is 1260. The molecule has 0 unspecified atom stereocenters. The maximum Gasteiger partial charge on any atom is 0.303 e. The third-order valence-electron chi connectivity index (χ3n) is 6.97. The van der Waals surface area contributed by atoms with Gasteiger partial charge < -0.3 is 43.0 Å². The first-order valence-corrected chi connectivity index (χ1v) is 13.8. The molecular formula is C27H36N2O16. The lowest BCUT2D eigenvalue weighted by atomic mass is 9.96. The fourth-order valence-electron chi connectivity index (χ4n) is 5.55. The molecule has 2 aliphatic heterocycles. The fourth-order valence-corrected chi connectivity index (χ4v) is 5.55. The predicted octanol–water partition coefficient (Wildman–Crippen LogP) is -1.33. The summed E-state index contributed by atoms with van der Waals surface area (Å²) >= 11 is 0. The molecule has 18 nitrogen and oxygen atoms in total. The van der Waals surface area contributed by atoms with Gasteiger partial charge in [-0.2, -0.15) is 4.99 Å². The Labute approximate surface area is 257 Å². The Kier molecular flexibility index (Phi) is 10.8. The second-order valence-electron chi connectivity index (χ2n) is 10.7. The van der Waals surface area contributed by atoms with E-state index in [4.69, 9.17) is 37.9 Å². The van der Waals surface area contributed by atoms with E-state index in [9.17, 15) is 38.7 Å². The van der Waals surface area contributed by atoms with Crippen LogP contribution >= 0.6 is 0 Å². The smallest absolute Gasteiger partial charge is 0.303 e. The molecule has 2 saturated heterocycles. The zero-order chi connectivity index (χ0) is 34.0. The summed E-state index contributed by atoms with van der Waals surface area (Å²) in [5, 5.41) is 11.5. The molecule has 1 N–H and O–H groups in total. The van der Waals surface area contributed by atoms with Gasteiger partial charge in [0.05, 0.1) is 0 Å². The van der Waals surface area contributed by atoms with Gasteiger partial charge in [-0.05, 0) is 6.92 Å². The summed E-state index contributed by atoms with van der Waals surface area (Å²) in [6, 6.07) is -1.83. The summed E-state index contributed by atoms with van der Waals surface area (Å²) in [4.78, 5) is 90.0. The van der Waals surface area contributed by atoms with E-state index in [1.807, 2.05) is 0 Å². The van der Waals surface area contributed by atoms with Crippen LogP contribution in [0.1, 0.15) is 55.4 Å². The minimum atomic E-state index is -2.05. The first-order valence-electron chi connectivity index (χ1n) is 13.8. The molecular weight excluding hydrogens is 608 g/mol. The number of aliphatic hydroxyl groups is 1. The van der Waals surface area contributed by atoms with Gasteiger partial charge in [-0.3, -0.25) is 38.5 Å². The van der Waals surface area contributed by atoms with Gasteiger partial charge in [0.15, 0.2) is 42.9 Å². The predicted molar refractivity (Wildman–Crippen MR) is 142 cm³/mol. The zero-order valence-corrected chi connectivity index (χ0v) is 25.9. The number of carbonyl (C=O) groups is 7. The number of rotatable bonds is 8. The summed E-state index contributed by atoms with van der Waals surface area (Å²) < 4.78 is 43.7. The molecule has 0 aromatic rings. The maximum atomic E-state index is 13.0. The topological polar surface area (TPSA) is 229 Å². The van der Waals surface area contributed by atoms with Gasteiger partial charge >= 0.3 is 35.8 Å². The van der Waals surface area contributed by atoms with E-state index in [1.165, 1.54) is 6.92 Å². The minimum absolute atomic E-state index is 0.503. The highest BCUT2D eigenvalue weighted by atomic mass is 16.7. The molecule has 0 bridgehead atoms. The fraction of sp³-hybridized carbons (Fsp3) is 0.704. The summed E-state index contributed by atoms with van der Waals surface area (Å²) in [6.07, 6.45) is -11.8. The summed E-state index contributed by atoms with van der Waals surface area (Å²) in [5.74, 6) is -5.67. The molecule has 3 aliphatic rings. The van der Waals surface area contributed by atoms with Gasteiger partial charge in [-0.1, -0.05) is 0 Å². The summed E-state index contributed by atoms with van der Waals surface area (Å²) in [6.45, 7) is 8.24. The molecule has 2 heterocycles. The molecule has 1 saturated carbocycles. The second-order valence-corrected chi connectivity index (χ2v) is 10.7. The van der Waals surface area contributed by atoms with Crippen LogP contribution in [0.25, 0.3) is 0 Å². The van der Waals surface area contributed by atoms with E-state index >= 15 is 0 Å². The van der Waals surface area contributed by atoms with Crippen LogP contribution in [0, 0.1) is 0 Å². The Morgan fingerprint density at radius 1 is 0.733 bits per heavy atom. The van der Waals surface area contributed by atoms with Crippen molar-refractivity contribution in [3.63, 3.8) is 0 Å². The van der Waals surface area contributed by atoms with Crippen LogP contribution in [-0.4, -0.2) is 125 Å². The van der Waals surface area contributed by atoms with E-state index in [-0.39, 0.29) is 0 Å². The molecule has 3 fully saturated rings. The normalized spacial score (nSPS) is 34.6. The minimum Gasteiger partial charge on any atom is -0.463 e. The van der Waals surface area contributed by atoms with Gasteiger partial charge in [0.2, 0.25) is 5.91 Å². The molecule has 0 spiro atoms. The third-order valence-corrected chi connectivity index (χ3v) is 6.97. The SMILES string of the molecule is CC(=O)OC[C@H]1O[C@H](/N=C2\O[C@@H]3[C@@H](OC(C)=O)[C@H](OC(C)=O)[C@@](C)(O)[C@@H]3N2C(C)=O)[C@H](OC(C)=O)[C@@H](OC(C)=O)[C@@H]1OC(C)=O. The number of aliphatic imine (C=N–C) groups is 1. The van der Waals surface area contributed by atoms with E-state index in [0.717, 1.165) is 53.4 Å². The van der Waals surface area contributed by atoms with Crippen LogP contribution < -0.4 is 0 Å². The molecule has 10 atom stereocenters. The third kappa shape index (κ3) is 7.86. The van der Waals surface area contributed by atoms with Crippen LogP contribution in [0.2, 0.25) is 0 Å². The Morgan fingerprint density at radius 3 is 1.71 bits per heavy atom. The van der Waals surface area contributed by atoms with Crippen molar-refractivity contribution in [2.45, 2.75) is 116 Å². The summed E-state index contributed by atoms with van der Waals surface area (Å²) in [5.41, 5.74) is -2.05. The van der Waals surface area contributed by atoms with Gasteiger partial charge in [-0.25, -0.2) is 0 Å². The molecule has 45 heavy (non-hydrogen) atoms. The van der Waals surface area contributed by atoms with Crippen molar-refractivity contribution in [2.24, 2.45) is 4.99 Å². The van der Waals surface area contributed by atoms with Crippen molar-refractivity contribution in [2.75, 3.05) is 6.61 Å². The number of hydrogen-bond acceptors (Lipinski definition) is 17. The number of nitrogens with zero attached hydrogens (tertiary/aromatic N) is 2. The quantitative estimate of drug-likeness (QED) is 0.238. The number of ether oxygens (including phenoxy) is 8. The van der Waals surface area contributed by atoms with Crippen LogP contribution in [0.4, 0.5) is 0 Å². The lowest BCUT2D eigenvalue weighted by molar-refractivity contribution is -0.251. The molecule has 18 heteroatoms. The van der Waals surface area contributed by atoms with Crippen molar-refractivity contribution >= 4 is 47.7 Å². The largest absolute Gasteiger partial charge is 0.463 e. The van der Waals surface area contributed by atoms with Crippen molar-refractivity contribution in [1.82, 2.24) is 4.90 Å². The van der Waals surface area contributed by atoms with E-state index in [0.29, 0.717) is 0 Å². The Hall–Kier alpha value is -4.32. The van der Waals surface area contributed by atoms with E-state index in [1.54, 1.807) is 0 Å². The number of fused-ring (bicyclic) bond motifs is 1. The zero-order valence-electron chi connectivity index (χ0n) is 25.9. The molecule has 1 amide bonds. The molecule has 0 aromatic carbocycles. The Balaban J connectivity index is 2.15. The molecule has 3 rings (SSSR count). The van der Waals surface area contributed by atoms with E-state index < -0.39 is 115 Å². The van der Waals surface area contributed by atoms with Gasteiger partial charge in [0.1, 0.15) is 24.4 Å². The molecule has 0 aromatic heterocycles. The first kappa shape index (κ1) is 35.2. The number of amidine groups is 1. The standard InChI is InChI=1S/C27H36N2O16/c1-10(30)29-23-20(21(41-14(5)34)24(27(23,8)37)43-16(7)36)45-26(29)28-25-22(42-15(6)35)19(40-13(4)33)18(39-12(3)32)17(44-25)9-38-11(2)31/h17-25,37H,9H2,1-8H3/b28-26-/t17-,18-,19+,20-,21-,22-,23-,24+,25+,27+/m1/s1. The van der Waals surface area contributed by atoms with E-state index in [2.05, 4.69) is 4.99 Å². The van der Waals surface area contributed by atoms with Crippen molar-refractivity contribution in [1.29, 1.82) is 0 Å². The van der Waals surface area contributed by atoms with Gasteiger partial charge in [0, 0.05) is 48.5 Å². The van der Waals surface area contributed by atoms with Crippen LogP contribution in [-0.2, 0) is 71.5 Å². The number of amides is 1. The Morgan fingerprint density at radius 2 is 1.22 bits per heavy atom. The lowest BCUT2D eigenvalue weighted by Crippen LogP contribution is -2.62. The van der Waals surface area contributed by atoms with Gasteiger partial charge in [-0.15, -0.1) is 0 Å². The van der Waals surface area contributed by atoms with Crippen molar-refractivity contribution < 1.29 is 76.6 Å². The summed E-state index contributed by atoms with van der Waals surface area (Å²) in [7, 11) is 0. The molecule has 0 radical (unpaired) electrons.